The van der Waals surface area contributed by atoms with Crippen molar-refractivity contribution in [1.29, 1.82) is 0 Å². The van der Waals surface area contributed by atoms with Gasteiger partial charge in [0.25, 0.3) is 0 Å². The molecule has 0 unspecified atom stereocenters. The first-order valence-corrected chi connectivity index (χ1v) is 4.39. The lowest BCUT2D eigenvalue weighted by molar-refractivity contribution is -0.131. The fourth-order valence-electron chi connectivity index (χ4n) is 1.68. The maximum Gasteiger partial charge on any atom is 0.0697 e. The molecule has 0 aromatic carbocycles. The van der Waals surface area contributed by atoms with Gasteiger partial charge in [-0.3, -0.25) is 0 Å². The largest absolute Gasteiger partial charge is 0.390 e. The van der Waals surface area contributed by atoms with Gasteiger partial charge in [0.05, 0.1) is 11.7 Å². The van der Waals surface area contributed by atoms with Crippen molar-refractivity contribution in [3.05, 3.63) is 0 Å². The summed E-state index contributed by atoms with van der Waals surface area (Å²) in [6.07, 6.45) is 9.42. The van der Waals surface area contributed by atoms with E-state index >= 15 is 0 Å². The molecule has 1 fully saturated rings. The predicted molar refractivity (Wildman–Crippen MR) is 47.7 cm³/mol. The van der Waals surface area contributed by atoms with Crippen molar-refractivity contribution in [2.75, 3.05) is 7.11 Å². The fourth-order valence-corrected chi connectivity index (χ4v) is 1.68. The molecule has 0 bridgehead atoms. The Kier molecular flexibility index (Phi) is 3.13. The zero-order chi connectivity index (χ0) is 9.03. The minimum absolute atomic E-state index is 0.265. The van der Waals surface area contributed by atoms with Crippen molar-refractivity contribution < 1.29 is 9.84 Å². The Balaban J connectivity index is 2.13. The lowest BCUT2D eigenvalue weighted by Crippen LogP contribution is -2.47. The smallest absolute Gasteiger partial charge is 0.0697 e. The van der Waals surface area contributed by atoms with Gasteiger partial charge in [-0.25, -0.2) is 0 Å². The van der Waals surface area contributed by atoms with Gasteiger partial charge in [0, 0.05) is 26.4 Å². The Morgan fingerprint density at radius 3 is 2.83 bits per heavy atom. The molecule has 12 heavy (non-hydrogen) atoms. The van der Waals surface area contributed by atoms with Crippen molar-refractivity contribution in [3.8, 4) is 12.3 Å². The number of hydrogen-bond donors (Lipinski definition) is 1. The van der Waals surface area contributed by atoms with E-state index in [-0.39, 0.29) is 6.10 Å². The molecular weight excluding hydrogens is 152 g/mol. The average Bonchev–Trinajstić information content (AvgIpc) is 2.00. The molecule has 0 aromatic rings. The molecule has 0 saturated heterocycles. The summed E-state index contributed by atoms with van der Waals surface area (Å²) < 4.78 is 5.09. The highest BCUT2D eigenvalue weighted by Crippen LogP contribution is 2.37. The van der Waals surface area contributed by atoms with E-state index in [2.05, 4.69) is 5.92 Å². The van der Waals surface area contributed by atoms with Crippen LogP contribution in [0.3, 0.4) is 0 Å². The quantitative estimate of drug-likeness (QED) is 0.507. The summed E-state index contributed by atoms with van der Waals surface area (Å²) in [4.78, 5) is 0. The highest BCUT2D eigenvalue weighted by molar-refractivity contribution is 4.96. The van der Waals surface area contributed by atoms with Crippen LogP contribution in [0.4, 0.5) is 0 Å². The molecule has 1 aliphatic rings. The van der Waals surface area contributed by atoms with Gasteiger partial charge >= 0.3 is 0 Å². The van der Waals surface area contributed by atoms with Crippen molar-refractivity contribution >= 4 is 0 Å². The Labute approximate surface area is 73.9 Å². The number of unbranched alkanes of at least 4 members (excludes halogenated alkanes) is 1. The van der Waals surface area contributed by atoms with Crippen molar-refractivity contribution in [2.45, 2.75) is 43.8 Å². The van der Waals surface area contributed by atoms with Crippen molar-refractivity contribution in [2.24, 2.45) is 0 Å². The van der Waals surface area contributed by atoms with E-state index in [1.165, 1.54) is 0 Å². The second-order valence-corrected chi connectivity index (χ2v) is 3.55. The van der Waals surface area contributed by atoms with Gasteiger partial charge in [0.15, 0.2) is 0 Å². The average molecular weight is 168 g/mol. The summed E-state index contributed by atoms with van der Waals surface area (Å²) in [5.74, 6) is 2.57. The van der Waals surface area contributed by atoms with Gasteiger partial charge in [-0.2, -0.15) is 0 Å². The molecule has 2 heteroatoms. The third-order valence-electron chi connectivity index (χ3n) is 2.51. The van der Waals surface area contributed by atoms with Crippen LogP contribution in [-0.2, 0) is 4.74 Å². The highest BCUT2D eigenvalue weighted by Gasteiger charge is 2.41. The third kappa shape index (κ3) is 2.23. The minimum atomic E-state index is -0.475. The Hall–Kier alpha value is -0.520. The molecule has 0 aliphatic heterocycles. The van der Waals surface area contributed by atoms with E-state index in [4.69, 9.17) is 11.2 Å². The minimum Gasteiger partial charge on any atom is -0.390 e. The highest BCUT2D eigenvalue weighted by atomic mass is 16.5. The topological polar surface area (TPSA) is 29.5 Å². The van der Waals surface area contributed by atoms with Gasteiger partial charge in [0.2, 0.25) is 0 Å². The first-order chi connectivity index (χ1) is 5.70. The van der Waals surface area contributed by atoms with Crippen molar-refractivity contribution in [3.63, 3.8) is 0 Å². The van der Waals surface area contributed by atoms with Gasteiger partial charge < -0.3 is 9.84 Å². The normalized spacial score (nSPS) is 33.9. The number of rotatable bonds is 4. The SMILES string of the molecule is C#CCCCC1(O)CC(OC)C1. The van der Waals surface area contributed by atoms with Crippen LogP contribution >= 0.6 is 0 Å². The van der Waals surface area contributed by atoms with Crippen LogP contribution in [0.25, 0.3) is 0 Å². The molecule has 0 heterocycles. The van der Waals surface area contributed by atoms with Crippen LogP contribution in [0, 0.1) is 12.3 Å². The number of methoxy groups -OCH3 is 1. The molecule has 0 amide bonds. The summed E-state index contributed by atoms with van der Waals surface area (Å²) >= 11 is 0. The zero-order valence-corrected chi connectivity index (χ0v) is 7.55. The Bertz CT molecular complexity index is 175. The molecule has 1 saturated carbocycles. The van der Waals surface area contributed by atoms with Crippen LogP contribution in [0.1, 0.15) is 32.1 Å². The Morgan fingerprint density at radius 1 is 1.67 bits per heavy atom. The molecule has 68 valence electrons. The maximum atomic E-state index is 9.79. The molecule has 1 aliphatic carbocycles. The van der Waals surface area contributed by atoms with Crippen LogP contribution in [0.5, 0.6) is 0 Å². The van der Waals surface area contributed by atoms with E-state index in [1.54, 1.807) is 7.11 Å². The molecule has 0 aromatic heterocycles. The molecule has 1 rings (SSSR count). The molecule has 0 radical (unpaired) electrons. The first-order valence-electron chi connectivity index (χ1n) is 4.39. The van der Waals surface area contributed by atoms with Gasteiger partial charge in [-0.15, -0.1) is 12.3 Å². The predicted octanol–water partition coefficient (Wildman–Crippen LogP) is 1.33. The standard InChI is InChI=1S/C10H16O2/c1-3-4-5-6-10(11)7-9(8-10)12-2/h1,9,11H,4-8H2,2H3. The van der Waals surface area contributed by atoms with Gasteiger partial charge in [0.1, 0.15) is 0 Å². The lowest BCUT2D eigenvalue weighted by atomic mass is 9.74. The number of terminal acetylenes is 1. The molecule has 0 atom stereocenters. The van der Waals surface area contributed by atoms with E-state index < -0.39 is 5.60 Å². The zero-order valence-electron chi connectivity index (χ0n) is 7.55. The monoisotopic (exact) mass is 168 g/mol. The first kappa shape index (κ1) is 9.57. The number of aliphatic hydroxyl groups is 1. The summed E-state index contributed by atoms with van der Waals surface area (Å²) in [6, 6.07) is 0. The van der Waals surface area contributed by atoms with E-state index in [0.717, 1.165) is 32.1 Å². The fraction of sp³-hybridized carbons (Fsp3) is 0.800. The van der Waals surface area contributed by atoms with Crippen LogP contribution in [-0.4, -0.2) is 23.9 Å². The van der Waals surface area contributed by atoms with Crippen LogP contribution < -0.4 is 0 Å². The summed E-state index contributed by atoms with van der Waals surface area (Å²) in [5, 5.41) is 9.79. The third-order valence-corrected chi connectivity index (χ3v) is 2.51. The molecular formula is C10H16O2. The maximum absolute atomic E-state index is 9.79. The summed E-state index contributed by atoms with van der Waals surface area (Å²) in [5.41, 5.74) is -0.475. The molecule has 1 N–H and O–H groups in total. The van der Waals surface area contributed by atoms with E-state index in [1.807, 2.05) is 0 Å². The molecule has 0 spiro atoms. The number of ether oxygens (including phenoxy) is 1. The van der Waals surface area contributed by atoms with Gasteiger partial charge in [-0.1, -0.05) is 0 Å². The lowest BCUT2D eigenvalue weighted by Gasteiger charge is -2.42. The van der Waals surface area contributed by atoms with Crippen LogP contribution in [0.15, 0.2) is 0 Å². The van der Waals surface area contributed by atoms with E-state index in [9.17, 15) is 5.11 Å². The second kappa shape index (κ2) is 3.93. The van der Waals surface area contributed by atoms with E-state index in [0.29, 0.717) is 0 Å². The van der Waals surface area contributed by atoms with Crippen LogP contribution in [0.2, 0.25) is 0 Å². The van der Waals surface area contributed by atoms with Crippen molar-refractivity contribution in [1.82, 2.24) is 0 Å². The molecule has 2 nitrogen and oxygen atoms in total. The number of hydrogen-bond acceptors (Lipinski definition) is 2. The summed E-state index contributed by atoms with van der Waals surface area (Å²) in [6.45, 7) is 0. The Morgan fingerprint density at radius 2 is 2.33 bits per heavy atom. The second-order valence-electron chi connectivity index (χ2n) is 3.55. The van der Waals surface area contributed by atoms with Gasteiger partial charge in [-0.05, 0) is 12.8 Å². The summed E-state index contributed by atoms with van der Waals surface area (Å²) in [7, 11) is 1.69.